The number of carbonyl (C=O) groups excluding carboxylic acids is 3. The Bertz CT molecular complexity index is 1590. The van der Waals surface area contributed by atoms with Crippen molar-refractivity contribution in [2.75, 3.05) is 6.61 Å². The van der Waals surface area contributed by atoms with E-state index < -0.39 is 45.5 Å². The zero-order valence-electron chi connectivity index (χ0n) is 19.4. The fourth-order valence-electron chi connectivity index (χ4n) is 2.85. The lowest BCUT2D eigenvalue weighted by Crippen LogP contribution is -2.34. The molecule has 0 spiro atoms. The summed E-state index contributed by atoms with van der Waals surface area (Å²) in [5.74, 6) is -3.72. The summed E-state index contributed by atoms with van der Waals surface area (Å²) in [5.41, 5.74) is -0.114. The van der Waals surface area contributed by atoms with E-state index in [9.17, 15) is 31.6 Å². The van der Waals surface area contributed by atoms with Crippen LogP contribution in [0.1, 0.15) is 31.1 Å². The molecule has 0 saturated carbocycles. The van der Waals surface area contributed by atoms with Crippen LogP contribution < -0.4 is 9.47 Å². The van der Waals surface area contributed by atoms with Crippen LogP contribution in [0, 0.1) is 21.4 Å². The summed E-state index contributed by atoms with van der Waals surface area (Å²) in [7, 11) is -5.87. The summed E-state index contributed by atoms with van der Waals surface area (Å²) >= 11 is 12.0. The Hall–Kier alpha value is 0.220. The maximum absolute atomic E-state index is 13.6. The minimum Gasteiger partial charge on any atom is -0.454 e. The summed E-state index contributed by atoms with van der Waals surface area (Å²) in [6.07, 6.45) is 0. The maximum Gasteiger partial charge on any atom is 0.402 e. The number of hydrogen-bond acceptors (Lipinski definition) is 8. The van der Waals surface area contributed by atoms with E-state index in [1.807, 2.05) is 148 Å². The van der Waals surface area contributed by atoms with Gasteiger partial charge in [0.1, 0.15) is 11.5 Å². The maximum atomic E-state index is 13.6. The van der Waals surface area contributed by atoms with Gasteiger partial charge in [0.2, 0.25) is 0 Å². The van der Waals surface area contributed by atoms with Crippen molar-refractivity contribution in [3.8, 4) is 11.5 Å². The van der Waals surface area contributed by atoms with E-state index in [0.29, 0.717) is 7.14 Å². The van der Waals surface area contributed by atoms with Crippen LogP contribution in [0.5, 0.6) is 11.5 Å². The van der Waals surface area contributed by atoms with Gasteiger partial charge in [0, 0.05) is 27.5 Å². The second-order valence-corrected chi connectivity index (χ2v) is 16.2. The molecule has 1 N–H and O–H groups in total. The van der Waals surface area contributed by atoms with Crippen molar-refractivity contribution in [2.45, 2.75) is 5.25 Å². The van der Waals surface area contributed by atoms with E-state index in [2.05, 4.69) is 4.74 Å². The smallest absolute Gasteiger partial charge is 0.402 e. The highest BCUT2D eigenvalue weighted by Crippen LogP contribution is 2.30. The van der Waals surface area contributed by atoms with Crippen LogP contribution in [0.3, 0.4) is 0 Å². The number of alkyl halides is 2. The van der Waals surface area contributed by atoms with Crippen molar-refractivity contribution < 1.29 is 50.3 Å². The van der Waals surface area contributed by atoms with Gasteiger partial charge in [-0.15, -0.1) is 0 Å². The normalized spacial score (nSPS) is 11.6. The van der Waals surface area contributed by atoms with Gasteiger partial charge < -0.3 is 14.2 Å². The third-order valence-corrected chi connectivity index (χ3v) is 12.9. The lowest BCUT2D eigenvalue weighted by Gasteiger charge is -2.14. The molecule has 0 heterocycles. The molecule has 0 bridgehead atoms. The first kappa shape index (κ1) is 35.7. The number of ether oxygens (including phenoxy) is 3. The third kappa shape index (κ3) is 9.36. The molecule has 0 aliphatic heterocycles. The molecule has 0 radical (unpaired) electrons. The molecule has 3 aromatic carbocycles. The van der Waals surface area contributed by atoms with Crippen molar-refractivity contribution in [3.05, 3.63) is 80.6 Å². The Morgan fingerprint density at radius 2 is 1.12 bits per heavy atom. The van der Waals surface area contributed by atoms with Crippen molar-refractivity contribution in [2.24, 2.45) is 0 Å². The molecule has 218 valence electrons. The summed E-state index contributed by atoms with van der Waals surface area (Å²) in [6, 6.07) is 9.89. The molecular formula is C23H10F2I6O9S. The first-order valence-corrected chi connectivity index (χ1v) is 18.2. The average Bonchev–Trinajstić information content (AvgIpc) is 2.85. The van der Waals surface area contributed by atoms with E-state index in [-0.39, 0.29) is 22.6 Å². The van der Waals surface area contributed by atoms with Crippen molar-refractivity contribution >= 4 is 164 Å². The highest BCUT2D eigenvalue weighted by molar-refractivity contribution is 14.1. The second kappa shape index (κ2) is 14.5. The van der Waals surface area contributed by atoms with Crippen LogP contribution in [0.4, 0.5) is 8.78 Å². The van der Waals surface area contributed by atoms with Gasteiger partial charge in [0.15, 0.2) is 6.61 Å². The number of carbonyl (C=O) groups is 3. The molecule has 41 heavy (non-hydrogen) atoms. The van der Waals surface area contributed by atoms with Gasteiger partial charge in [-0.2, -0.15) is 17.2 Å². The van der Waals surface area contributed by atoms with Crippen LogP contribution in [-0.2, 0) is 14.9 Å². The topological polar surface area (TPSA) is 133 Å². The van der Waals surface area contributed by atoms with E-state index in [1.165, 1.54) is 0 Å². The average molecular weight is 1260 g/mol. The standard InChI is InChI=1S/C23H10F2I6O9S/c24-23(25,41(35,36)37)8-38-20(32)9-1-12(39-21(33)14-3-10(26)5-16(28)18(14)30)7-13(2-9)40-22(34)15-4-11(27)6-17(29)19(15)31/h1-7H,8H2,(H,35,36,37). The highest BCUT2D eigenvalue weighted by Gasteiger charge is 2.45. The van der Waals surface area contributed by atoms with E-state index in [0.717, 1.165) is 32.5 Å². The second-order valence-electron chi connectivity index (χ2n) is 7.66. The minimum atomic E-state index is -5.87. The molecule has 3 rings (SSSR count). The lowest BCUT2D eigenvalue weighted by molar-refractivity contribution is -0.00955. The van der Waals surface area contributed by atoms with Crippen LogP contribution in [0.2, 0.25) is 0 Å². The molecule has 9 nitrogen and oxygen atoms in total. The zero-order chi connectivity index (χ0) is 30.9. The summed E-state index contributed by atoms with van der Waals surface area (Å²) in [5, 5.41) is -4.78. The minimum absolute atomic E-state index is 0.198. The van der Waals surface area contributed by atoms with Crippen molar-refractivity contribution in [1.82, 2.24) is 0 Å². The van der Waals surface area contributed by atoms with Crippen molar-refractivity contribution in [1.29, 1.82) is 0 Å². The quantitative estimate of drug-likeness (QED) is 0.0807. The number of halogens is 8. The van der Waals surface area contributed by atoms with Gasteiger partial charge in [0.05, 0.1) is 16.7 Å². The molecule has 18 heteroatoms. The molecule has 0 aliphatic rings. The molecule has 0 aliphatic carbocycles. The predicted molar refractivity (Wildman–Crippen MR) is 192 cm³/mol. The lowest BCUT2D eigenvalue weighted by atomic mass is 10.2. The van der Waals surface area contributed by atoms with Gasteiger partial charge in [-0.3, -0.25) is 4.55 Å². The Balaban J connectivity index is 2.00. The number of benzene rings is 3. The van der Waals surface area contributed by atoms with Gasteiger partial charge in [-0.05, 0) is 172 Å². The molecular weight excluding hydrogens is 1250 g/mol. The predicted octanol–water partition coefficient (Wildman–Crippen LogP) is 7.39. The summed E-state index contributed by atoms with van der Waals surface area (Å²) in [4.78, 5) is 38.6. The van der Waals surface area contributed by atoms with Gasteiger partial charge in [-0.1, -0.05) is 0 Å². The highest BCUT2D eigenvalue weighted by atomic mass is 127. The van der Waals surface area contributed by atoms with Crippen molar-refractivity contribution in [3.63, 3.8) is 0 Å². The SMILES string of the molecule is O=C(OCC(F)(F)S(=O)(=O)O)c1cc(OC(=O)c2cc(I)cc(I)c2I)cc(OC(=O)c2cc(I)cc(I)c2I)c1. The molecule has 0 amide bonds. The Kier molecular flexibility index (Phi) is 12.7. The Morgan fingerprint density at radius 3 is 1.51 bits per heavy atom. The Morgan fingerprint density at radius 1 is 0.707 bits per heavy atom. The zero-order valence-corrected chi connectivity index (χ0v) is 33.2. The fraction of sp³-hybridized carbons (Fsp3) is 0.0870. The number of rotatable bonds is 8. The van der Waals surface area contributed by atoms with E-state index in [1.54, 1.807) is 12.1 Å². The first-order chi connectivity index (χ1) is 18.9. The molecule has 0 unspecified atom stereocenters. The van der Waals surface area contributed by atoms with Crippen LogP contribution in [-0.4, -0.2) is 42.7 Å². The Labute approximate surface area is 313 Å². The monoisotopic (exact) mass is 1260 g/mol. The van der Waals surface area contributed by atoms with Crippen LogP contribution in [0.25, 0.3) is 0 Å². The molecule has 3 aromatic rings. The van der Waals surface area contributed by atoms with Crippen LogP contribution in [0.15, 0.2) is 42.5 Å². The van der Waals surface area contributed by atoms with Gasteiger partial charge in [-0.25, -0.2) is 14.4 Å². The van der Waals surface area contributed by atoms with E-state index >= 15 is 0 Å². The summed E-state index contributed by atoms with van der Waals surface area (Å²) in [6.45, 7) is -2.00. The molecule has 0 fully saturated rings. The molecule has 0 aromatic heterocycles. The first-order valence-electron chi connectivity index (χ1n) is 10.3. The number of hydrogen-bond donors (Lipinski definition) is 1. The largest absolute Gasteiger partial charge is 0.454 e. The molecule has 0 saturated heterocycles. The van der Waals surface area contributed by atoms with Gasteiger partial charge in [0.25, 0.3) is 0 Å². The molecule has 0 atom stereocenters. The third-order valence-electron chi connectivity index (χ3n) is 4.71. The van der Waals surface area contributed by atoms with Gasteiger partial charge >= 0.3 is 33.3 Å². The fourth-order valence-corrected chi connectivity index (χ4v) is 7.81. The van der Waals surface area contributed by atoms with E-state index in [4.69, 9.17) is 14.0 Å². The number of esters is 3. The summed E-state index contributed by atoms with van der Waals surface area (Å²) < 4.78 is 77.1. The van der Waals surface area contributed by atoms with Crippen LogP contribution >= 0.6 is 136 Å².